The van der Waals surface area contributed by atoms with E-state index in [1.165, 1.54) is 12.1 Å². The number of phenols is 1. The number of aryl methyl sites for hydroxylation is 1. The molecule has 3 N–H and O–H groups in total. The van der Waals surface area contributed by atoms with E-state index in [4.69, 9.17) is 15.9 Å². The molecule has 0 spiro atoms. The zero-order chi connectivity index (χ0) is 28.3. The summed E-state index contributed by atoms with van der Waals surface area (Å²) in [5, 5.41) is 15.2. The Morgan fingerprint density at radius 3 is 2.35 bits per heavy atom. The molecule has 2 unspecified atom stereocenters. The number of hydrogen-bond donors (Lipinski definition) is 3. The number of amides is 3. The minimum absolute atomic E-state index is 0.00344. The lowest BCUT2D eigenvalue weighted by Crippen LogP contribution is -2.52. The molecule has 37 heavy (non-hydrogen) atoms. The standard InChI is InChI=1S/C27H39N3O7/c1-9-30(25(34)20(15-17(3)4)29-26(35)37-27(6,7)8)23(19-11-12-21(31)18(5)16-19)24(33)28-14-13-22(32)36-10-2/h1,11-12,16-17,20,23,31H,10,13-15H2,2-8H3,(H,28,33)(H,29,35). The van der Waals surface area contributed by atoms with Crippen molar-refractivity contribution in [2.24, 2.45) is 5.92 Å². The Kier molecular flexibility index (Phi) is 11.9. The average molecular weight is 518 g/mol. The monoisotopic (exact) mass is 517 g/mol. The summed E-state index contributed by atoms with van der Waals surface area (Å²) < 4.78 is 10.2. The number of hydrogen-bond acceptors (Lipinski definition) is 7. The molecule has 0 saturated heterocycles. The minimum Gasteiger partial charge on any atom is -0.508 e. The number of phenolic OH excluding ortho intramolecular Hbond substituents is 1. The number of alkyl carbamates (subject to hydrolysis) is 1. The van der Waals surface area contributed by atoms with Crippen LogP contribution in [0.2, 0.25) is 0 Å². The van der Waals surface area contributed by atoms with Crippen LogP contribution in [0.25, 0.3) is 0 Å². The van der Waals surface area contributed by atoms with Crippen LogP contribution in [0, 0.1) is 25.3 Å². The van der Waals surface area contributed by atoms with Crippen molar-refractivity contribution >= 4 is 23.9 Å². The number of benzene rings is 1. The Morgan fingerprint density at radius 1 is 1.19 bits per heavy atom. The molecule has 0 fully saturated rings. The molecule has 0 aromatic heterocycles. The van der Waals surface area contributed by atoms with Gasteiger partial charge in [-0.1, -0.05) is 26.3 Å². The van der Waals surface area contributed by atoms with Crippen molar-refractivity contribution in [3.8, 4) is 18.2 Å². The van der Waals surface area contributed by atoms with Gasteiger partial charge in [-0.3, -0.25) is 19.3 Å². The molecule has 0 aliphatic heterocycles. The molecule has 0 aliphatic rings. The van der Waals surface area contributed by atoms with Crippen LogP contribution in [0.1, 0.15) is 71.6 Å². The molecule has 1 rings (SSSR count). The van der Waals surface area contributed by atoms with E-state index >= 15 is 0 Å². The second-order valence-electron chi connectivity index (χ2n) is 9.96. The highest BCUT2D eigenvalue weighted by molar-refractivity contribution is 5.93. The molecule has 0 aliphatic carbocycles. The summed E-state index contributed by atoms with van der Waals surface area (Å²) in [6, 6.07) is 4.34. The minimum atomic E-state index is -1.30. The third kappa shape index (κ3) is 10.4. The Balaban J connectivity index is 3.34. The van der Waals surface area contributed by atoms with Gasteiger partial charge in [-0.2, -0.15) is 0 Å². The van der Waals surface area contributed by atoms with Crippen LogP contribution in [-0.4, -0.2) is 58.7 Å². The van der Waals surface area contributed by atoms with Gasteiger partial charge in [0, 0.05) is 12.6 Å². The van der Waals surface area contributed by atoms with Crippen molar-refractivity contribution in [3.63, 3.8) is 0 Å². The third-order valence-electron chi connectivity index (χ3n) is 5.05. The Morgan fingerprint density at radius 2 is 1.84 bits per heavy atom. The predicted molar refractivity (Wildman–Crippen MR) is 138 cm³/mol. The van der Waals surface area contributed by atoms with Crippen LogP contribution in [0.4, 0.5) is 4.79 Å². The second kappa shape index (κ2) is 14.1. The zero-order valence-electron chi connectivity index (χ0n) is 22.7. The van der Waals surface area contributed by atoms with E-state index in [-0.39, 0.29) is 37.7 Å². The Labute approximate surface area is 219 Å². The first-order valence-corrected chi connectivity index (χ1v) is 12.2. The van der Waals surface area contributed by atoms with Gasteiger partial charge in [0.15, 0.2) is 0 Å². The maximum atomic E-state index is 13.7. The van der Waals surface area contributed by atoms with Crippen molar-refractivity contribution in [1.82, 2.24) is 15.5 Å². The highest BCUT2D eigenvalue weighted by atomic mass is 16.6. The van der Waals surface area contributed by atoms with Crippen molar-refractivity contribution in [2.45, 2.75) is 79.0 Å². The van der Waals surface area contributed by atoms with E-state index < -0.39 is 41.6 Å². The van der Waals surface area contributed by atoms with Gasteiger partial charge in [-0.05, 0) is 70.2 Å². The number of carbonyl (C=O) groups is 4. The first-order chi connectivity index (χ1) is 17.2. The van der Waals surface area contributed by atoms with Gasteiger partial charge in [0.05, 0.1) is 13.0 Å². The smallest absolute Gasteiger partial charge is 0.408 e. The van der Waals surface area contributed by atoms with Gasteiger partial charge in [0.2, 0.25) is 5.91 Å². The van der Waals surface area contributed by atoms with Gasteiger partial charge in [-0.25, -0.2) is 4.79 Å². The number of nitrogens with zero attached hydrogens (tertiary/aromatic N) is 1. The number of ether oxygens (including phenoxy) is 2. The second-order valence-corrected chi connectivity index (χ2v) is 9.96. The van der Waals surface area contributed by atoms with Crippen molar-refractivity contribution in [1.29, 1.82) is 0 Å². The van der Waals surface area contributed by atoms with Gasteiger partial charge < -0.3 is 25.2 Å². The van der Waals surface area contributed by atoms with Crippen LogP contribution in [-0.2, 0) is 23.9 Å². The maximum Gasteiger partial charge on any atom is 0.408 e. The van der Waals surface area contributed by atoms with Gasteiger partial charge >= 0.3 is 12.1 Å². The molecule has 204 valence electrons. The topological polar surface area (TPSA) is 134 Å². The number of carbonyl (C=O) groups excluding carboxylic acids is 4. The lowest BCUT2D eigenvalue weighted by atomic mass is 9.98. The van der Waals surface area contributed by atoms with E-state index in [2.05, 4.69) is 16.7 Å². The van der Waals surface area contributed by atoms with Gasteiger partial charge in [0.25, 0.3) is 5.91 Å². The predicted octanol–water partition coefficient (Wildman–Crippen LogP) is 3.17. The quantitative estimate of drug-likeness (QED) is 0.233. The van der Waals surface area contributed by atoms with Crippen molar-refractivity contribution < 1.29 is 33.8 Å². The highest BCUT2D eigenvalue weighted by Crippen LogP contribution is 2.27. The molecule has 0 heterocycles. The summed E-state index contributed by atoms with van der Waals surface area (Å²) in [4.78, 5) is 52.0. The van der Waals surface area contributed by atoms with E-state index in [9.17, 15) is 24.3 Å². The Hall–Kier alpha value is -3.74. The van der Waals surface area contributed by atoms with Crippen LogP contribution in [0.5, 0.6) is 5.75 Å². The highest BCUT2D eigenvalue weighted by Gasteiger charge is 2.36. The molecule has 10 heteroatoms. The first kappa shape index (κ1) is 31.3. The summed E-state index contributed by atoms with van der Waals surface area (Å²) in [7, 11) is 0. The fourth-order valence-electron chi connectivity index (χ4n) is 3.46. The average Bonchev–Trinajstić information content (AvgIpc) is 2.77. The number of rotatable bonds is 11. The third-order valence-corrected chi connectivity index (χ3v) is 5.05. The lowest BCUT2D eigenvalue weighted by molar-refractivity contribution is -0.143. The number of terminal acetylenes is 1. The summed E-state index contributed by atoms with van der Waals surface area (Å²) in [5.74, 6) is -1.80. The molecule has 0 bridgehead atoms. The van der Waals surface area contributed by atoms with E-state index in [0.29, 0.717) is 11.1 Å². The van der Waals surface area contributed by atoms with Crippen LogP contribution in [0.15, 0.2) is 18.2 Å². The summed E-state index contributed by atoms with van der Waals surface area (Å²) >= 11 is 0. The lowest BCUT2D eigenvalue weighted by Gasteiger charge is -2.31. The number of nitrogens with one attached hydrogen (secondary N) is 2. The fourth-order valence-corrected chi connectivity index (χ4v) is 3.46. The molecule has 10 nitrogen and oxygen atoms in total. The molecular formula is C27H39N3O7. The van der Waals surface area contributed by atoms with Gasteiger partial charge in [-0.15, -0.1) is 0 Å². The first-order valence-electron chi connectivity index (χ1n) is 12.2. The fraction of sp³-hybridized carbons (Fsp3) is 0.556. The number of aromatic hydroxyl groups is 1. The molecule has 3 amide bonds. The summed E-state index contributed by atoms with van der Waals surface area (Å²) in [6.07, 6.45) is 5.12. The largest absolute Gasteiger partial charge is 0.508 e. The SMILES string of the molecule is C#CN(C(=O)C(CC(C)C)NC(=O)OC(C)(C)C)C(C(=O)NCCC(=O)OCC)c1ccc(O)c(C)c1. The Bertz CT molecular complexity index is 1010. The summed E-state index contributed by atoms with van der Waals surface area (Å²) in [5.41, 5.74) is 0.0272. The number of esters is 1. The normalized spacial score (nSPS) is 12.6. The zero-order valence-corrected chi connectivity index (χ0v) is 22.7. The van der Waals surface area contributed by atoms with Crippen molar-refractivity contribution in [2.75, 3.05) is 13.2 Å². The van der Waals surface area contributed by atoms with Crippen molar-refractivity contribution in [3.05, 3.63) is 29.3 Å². The molecular weight excluding hydrogens is 478 g/mol. The molecule has 1 aromatic rings. The van der Waals surface area contributed by atoms with Crippen LogP contribution < -0.4 is 10.6 Å². The van der Waals surface area contributed by atoms with E-state index in [0.717, 1.165) is 4.90 Å². The van der Waals surface area contributed by atoms with Crippen LogP contribution in [0.3, 0.4) is 0 Å². The summed E-state index contributed by atoms with van der Waals surface area (Å²) in [6.45, 7) is 12.3. The molecule has 0 saturated carbocycles. The van der Waals surface area contributed by atoms with E-state index in [1.807, 2.05) is 13.8 Å². The van der Waals surface area contributed by atoms with Gasteiger partial charge in [0.1, 0.15) is 23.4 Å². The molecule has 2 atom stereocenters. The van der Waals surface area contributed by atoms with E-state index in [1.54, 1.807) is 40.7 Å². The molecule has 0 radical (unpaired) electrons. The molecule has 1 aromatic carbocycles. The maximum absolute atomic E-state index is 13.7. The van der Waals surface area contributed by atoms with Crippen LogP contribution >= 0.6 is 0 Å².